The van der Waals surface area contributed by atoms with Crippen molar-refractivity contribution in [2.75, 3.05) is 0 Å². The van der Waals surface area contributed by atoms with Crippen molar-refractivity contribution in [1.82, 2.24) is 15.1 Å². The van der Waals surface area contributed by atoms with Crippen LogP contribution in [0.4, 0.5) is 0 Å². The number of amides is 1. The highest BCUT2D eigenvalue weighted by Crippen LogP contribution is 2.28. The summed E-state index contributed by atoms with van der Waals surface area (Å²) >= 11 is 0. The minimum atomic E-state index is -0.864. The SMILES string of the molecule is Cc1ccc(-n2nc(C(=O)NC(C)(C)CCC(=O)O)c3c2CCC3)cc1. The number of hydrogen-bond donors (Lipinski definition) is 2. The molecule has 0 saturated carbocycles. The summed E-state index contributed by atoms with van der Waals surface area (Å²) < 4.78 is 1.88. The standard InChI is InChI=1S/C20H25N3O3/c1-13-7-9-14(10-8-13)23-16-6-4-5-15(16)18(22-23)19(26)21-20(2,3)12-11-17(24)25/h7-10H,4-6,11-12H2,1-3H3,(H,21,26)(H,24,25). The first-order valence-corrected chi connectivity index (χ1v) is 8.99. The van der Waals surface area contributed by atoms with Gasteiger partial charge in [-0.05, 0) is 58.6 Å². The number of aryl methyl sites for hydroxylation is 1. The number of carboxylic acids is 1. The second-order valence-electron chi connectivity index (χ2n) is 7.61. The first-order valence-electron chi connectivity index (χ1n) is 8.99. The fraction of sp³-hybridized carbons (Fsp3) is 0.450. The molecule has 1 aliphatic rings. The Labute approximate surface area is 153 Å². The van der Waals surface area contributed by atoms with Crippen LogP contribution in [0, 0.1) is 6.92 Å². The van der Waals surface area contributed by atoms with Crippen molar-refractivity contribution < 1.29 is 14.7 Å². The van der Waals surface area contributed by atoms with Crippen molar-refractivity contribution in [3.8, 4) is 5.69 Å². The van der Waals surface area contributed by atoms with Crippen LogP contribution in [-0.4, -0.2) is 32.3 Å². The van der Waals surface area contributed by atoms with E-state index in [2.05, 4.69) is 10.4 Å². The normalized spacial score (nSPS) is 13.5. The Bertz CT molecular complexity index is 835. The molecule has 1 aliphatic carbocycles. The van der Waals surface area contributed by atoms with Gasteiger partial charge in [0, 0.05) is 23.2 Å². The molecule has 26 heavy (non-hydrogen) atoms. The summed E-state index contributed by atoms with van der Waals surface area (Å²) in [5.74, 6) is -1.10. The van der Waals surface area contributed by atoms with Gasteiger partial charge in [0.1, 0.15) is 0 Å². The molecule has 6 heteroatoms. The number of benzene rings is 1. The van der Waals surface area contributed by atoms with Crippen LogP contribution >= 0.6 is 0 Å². The molecule has 0 atom stereocenters. The largest absolute Gasteiger partial charge is 0.481 e. The molecule has 0 bridgehead atoms. The number of carbonyl (C=O) groups is 2. The second kappa shape index (κ2) is 6.94. The lowest BCUT2D eigenvalue weighted by molar-refractivity contribution is -0.137. The van der Waals surface area contributed by atoms with Crippen molar-refractivity contribution in [1.29, 1.82) is 0 Å². The Kier molecular flexibility index (Phi) is 4.85. The van der Waals surface area contributed by atoms with E-state index in [1.165, 1.54) is 5.56 Å². The van der Waals surface area contributed by atoms with Gasteiger partial charge in [-0.15, -0.1) is 0 Å². The molecule has 2 aromatic rings. The Morgan fingerprint density at radius 3 is 2.58 bits per heavy atom. The molecule has 3 rings (SSSR count). The van der Waals surface area contributed by atoms with Gasteiger partial charge >= 0.3 is 5.97 Å². The van der Waals surface area contributed by atoms with Crippen LogP contribution in [0.5, 0.6) is 0 Å². The molecule has 1 aromatic heterocycles. The fourth-order valence-electron chi connectivity index (χ4n) is 3.37. The van der Waals surface area contributed by atoms with E-state index in [4.69, 9.17) is 5.11 Å². The lowest BCUT2D eigenvalue weighted by Gasteiger charge is -2.25. The molecule has 0 radical (unpaired) electrons. The van der Waals surface area contributed by atoms with Gasteiger partial charge < -0.3 is 10.4 Å². The molecular formula is C20H25N3O3. The Morgan fingerprint density at radius 2 is 1.92 bits per heavy atom. The highest BCUT2D eigenvalue weighted by molar-refractivity contribution is 5.94. The van der Waals surface area contributed by atoms with E-state index in [1.807, 2.05) is 49.7 Å². The van der Waals surface area contributed by atoms with Crippen molar-refractivity contribution >= 4 is 11.9 Å². The third kappa shape index (κ3) is 3.79. The smallest absolute Gasteiger partial charge is 0.303 e. The maximum absolute atomic E-state index is 12.8. The summed E-state index contributed by atoms with van der Waals surface area (Å²) in [5.41, 5.74) is 4.10. The third-order valence-electron chi connectivity index (χ3n) is 4.84. The summed E-state index contributed by atoms with van der Waals surface area (Å²) in [6, 6.07) is 8.10. The van der Waals surface area contributed by atoms with Crippen LogP contribution in [-0.2, 0) is 17.6 Å². The number of aromatic nitrogens is 2. The molecule has 0 fully saturated rings. The number of fused-ring (bicyclic) bond motifs is 1. The molecule has 0 spiro atoms. The van der Waals surface area contributed by atoms with Crippen molar-refractivity contribution in [2.45, 2.75) is 58.4 Å². The Hall–Kier alpha value is -2.63. The first-order chi connectivity index (χ1) is 12.3. The second-order valence-corrected chi connectivity index (χ2v) is 7.61. The Morgan fingerprint density at radius 1 is 1.23 bits per heavy atom. The van der Waals surface area contributed by atoms with Gasteiger partial charge in [0.05, 0.1) is 5.69 Å². The van der Waals surface area contributed by atoms with Gasteiger partial charge in [-0.2, -0.15) is 5.10 Å². The van der Waals surface area contributed by atoms with E-state index in [0.717, 1.165) is 36.2 Å². The van der Waals surface area contributed by atoms with Crippen LogP contribution in [0.25, 0.3) is 5.69 Å². The van der Waals surface area contributed by atoms with Crippen LogP contribution in [0.1, 0.15) is 60.4 Å². The van der Waals surface area contributed by atoms with E-state index >= 15 is 0 Å². The number of nitrogens with one attached hydrogen (secondary N) is 1. The molecule has 138 valence electrons. The molecule has 0 aliphatic heterocycles. The van der Waals surface area contributed by atoms with Crippen LogP contribution in [0.2, 0.25) is 0 Å². The van der Waals surface area contributed by atoms with Crippen molar-refractivity contribution in [3.63, 3.8) is 0 Å². The lowest BCUT2D eigenvalue weighted by Crippen LogP contribution is -2.44. The van der Waals surface area contributed by atoms with Gasteiger partial charge in [0.2, 0.25) is 0 Å². The number of aliphatic carboxylic acids is 1. The van der Waals surface area contributed by atoms with Crippen LogP contribution in [0.15, 0.2) is 24.3 Å². The van der Waals surface area contributed by atoms with E-state index in [0.29, 0.717) is 12.1 Å². The monoisotopic (exact) mass is 355 g/mol. The topological polar surface area (TPSA) is 84.2 Å². The minimum absolute atomic E-state index is 0.0171. The van der Waals surface area contributed by atoms with Gasteiger partial charge in [0.15, 0.2) is 5.69 Å². The summed E-state index contributed by atoms with van der Waals surface area (Å²) in [7, 11) is 0. The molecule has 1 aromatic carbocycles. The van der Waals surface area contributed by atoms with Gasteiger partial charge in [-0.1, -0.05) is 17.7 Å². The number of carboxylic acid groups (broad SMARTS) is 1. The molecule has 0 saturated heterocycles. The zero-order valence-electron chi connectivity index (χ0n) is 15.5. The molecule has 0 unspecified atom stereocenters. The number of nitrogens with zero attached hydrogens (tertiary/aromatic N) is 2. The number of hydrogen-bond acceptors (Lipinski definition) is 3. The third-order valence-corrected chi connectivity index (χ3v) is 4.84. The van der Waals surface area contributed by atoms with E-state index in [-0.39, 0.29) is 12.3 Å². The zero-order chi connectivity index (χ0) is 18.9. The molecule has 1 amide bonds. The van der Waals surface area contributed by atoms with Crippen molar-refractivity contribution in [3.05, 3.63) is 46.8 Å². The van der Waals surface area contributed by atoms with E-state index in [9.17, 15) is 9.59 Å². The average molecular weight is 355 g/mol. The summed E-state index contributed by atoms with van der Waals surface area (Å²) in [6.07, 6.45) is 3.16. The average Bonchev–Trinajstić information content (AvgIpc) is 3.16. The van der Waals surface area contributed by atoms with Gasteiger partial charge in [-0.3, -0.25) is 9.59 Å². The Balaban J connectivity index is 1.86. The quantitative estimate of drug-likeness (QED) is 0.834. The molecular weight excluding hydrogens is 330 g/mol. The van der Waals surface area contributed by atoms with Gasteiger partial charge in [0.25, 0.3) is 5.91 Å². The maximum atomic E-state index is 12.8. The predicted octanol–water partition coefficient (Wildman–Crippen LogP) is 3.04. The van der Waals surface area contributed by atoms with Gasteiger partial charge in [-0.25, -0.2) is 4.68 Å². The summed E-state index contributed by atoms with van der Waals surface area (Å²) in [5, 5.41) is 16.4. The maximum Gasteiger partial charge on any atom is 0.303 e. The summed E-state index contributed by atoms with van der Waals surface area (Å²) in [6.45, 7) is 5.71. The molecule has 1 heterocycles. The zero-order valence-corrected chi connectivity index (χ0v) is 15.5. The number of carbonyl (C=O) groups excluding carboxylic acids is 1. The highest BCUT2D eigenvalue weighted by Gasteiger charge is 2.30. The van der Waals surface area contributed by atoms with E-state index in [1.54, 1.807) is 0 Å². The van der Waals surface area contributed by atoms with E-state index < -0.39 is 11.5 Å². The van der Waals surface area contributed by atoms with Crippen LogP contribution < -0.4 is 5.32 Å². The highest BCUT2D eigenvalue weighted by atomic mass is 16.4. The lowest BCUT2D eigenvalue weighted by atomic mass is 9.98. The molecule has 6 nitrogen and oxygen atoms in total. The van der Waals surface area contributed by atoms with Crippen molar-refractivity contribution in [2.24, 2.45) is 0 Å². The first kappa shape index (κ1) is 18.2. The number of rotatable bonds is 6. The predicted molar refractivity (Wildman–Crippen MR) is 98.7 cm³/mol. The molecule has 2 N–H and O–H groups in total. The summed E-state index contributed by atoms with van der Waals surface area (Å²) in [4.78, 5) is 23.6. The van der Waals surface area contributed by atoms with Crippen LogP contribution in [0.3, 0.4) is 0 Å². The minimum Gasteiger partial charge on any atom is -0.481 e. The fourth-order valence-corrected chi connectivity index (χ4v) is 3.37.